The summed E-state index contributed by atoms with van der Waals surface area (Å²) in [5, 5.41) is 10.4. The number of hydrogen-bond donors (Lipinski definition) is 0. The van der Waals surface area contributed by atoms with E-state index in [4.69, 9.17) is 0 Å². The average molecular weight is 181 g/mol. The number of methoxy groups -OCH3 is 1. The number of para-hydroxylation sites is 1. The molecule has 1 aromatic rings. The lowest BCUT2D eigenvalue weighted by molar-refractivity contribution is -0.385. The molecule has 0 saturated heterocycles. The highest BCUT2D eigenvalue weighted by Gasteiger charge is 2.18. The first kappa shape index (κ1) is 9.18. The van der Waals surface area contributed by atoms with Gasteiger partial charge in [-0.3, -0.25) is 10.1 Å². The van der Waals surface area contributed by atoms with Crippen molar-refractivity contribution in [3.63, 3.8) is 0 Å². The van der Waals surface area contributed by atoms with Crippen molar-refractivity contribution in [2.24, 2.45) is 0 Å². The van der Waals surface area contributed by atoms with Gasteiger partial charge in [0.05, 0.1) is 12.0 Å². The third kappa shape index (κ3) is 1.81. The van der Waals surface area contributed by atoms with E-state index >= 15 is 0 Å². The maximum absolute atomic E-state index is 11.0. The third-order valence-electron chi connectivity index (χ3n) is 1.51. The van der Waals surface area contributed by atoms with E-state index in [0.717, 1.165) is 0 Å². The first-order valence-corrected chi connectivity index (χ1v) is 3.48. The molecule has 5 heteroatoms. The predicted molar refractivity (Wildman–Crippen MR) is 44.4 cm³/mol. The molecule has 0 aliphatic heterocycles. The standard InChI is InChI=1S/C8H7NO4/c1-13-8(10)6-4-2-3-5-7(6)9(11)12/h2-5H,1H3. The zero-order valence-corrected chi connectivity index (χ0v) is 6.89. The van der Waals surface area contributed by atoms with Gasteiger partial charge in [0.2, 0.25) is 0 Å². The van der Waals surface area contributed by atoms with E-state index in [9.17, 15) is 14.9 Å². The van der Waals surface area contributed by atoms with Crippen molar-refractivity contribution in [3.05, 3.63) is 39.9 Å². The minimum Gasteiger partial charge on any atom is -0.465 e. The molecule has 0 fully saturated rings. The van der Waals surface area contributed by atoms with Crippen molar-refractivity contribution < 1.29 is 14.5 Å². The van der Waals surface area contributed by atoms with Gasteiger partial charge in [-0.1, -0.05) is 12.1 Å². The van der Waals surface area contributed by atoms with Crippen LogP contribution in [0.25, 0.3) is 0 Å². The summed E-state index contributed by atoms with van der Waals surface area (Å²) < 4.78 is 4.38. The molecule has 68 valence electrons. The topological polar surface area (TPSA) is 69.4 Å². The Balaban J connectivity index is 3.19. The molecule has 0 spiro atoms. The van der Waals surface area contributed by atoms with Crippen LogP contribution in [0.4, 0.5) is 5.69 Å². The lowest BCUT2D eigenvalue weighted by Crippen LogP contribution is -2.04. The highest BCUT2D eigenvalue weighted by Crippen LogP contribution is 2.17. The number of benzene rings is 1. The van der Waals surface area contributed by atoms with Gasteiger partial charge >= 0.3 is 5.97 Å². The van der Waals surface area contributed by atoms with E-state index < -0.39 is 10.9 Å². The van der Waals surface area contributed by atoms with Gasteiger partial charge in [0, 0.05) is 6.07 Å². The molecule has 0 amide bonds. The smallest absolute Gasteiger partial charge is 0.344 e. The van der Waals surface area contributed by atoms with Crippen molar-refractivity contribution >= 4 is 11.7 Å². The molecular weight excluding hydrogens is 174 g/mol. The van der Waals surface area contributed by atoms with Crippen LogP contribution < -0.4 is 0 Å². The lowest BCUT2D eigenvalue weighted by atomic mass is 10.2. The third-order valence-corrected chi connectivity index (χ3v) is 1.51. The maximum atomic E-state index is 11.0. The van der Waals surface area contributed by atoms with E-state index in [1.54, 1.807) is 6.07 Å². The van der Waals surface area contributed by atoms with Crippen LogP contribution in [0.2, 0.25) is 0 Å². The summed E-state index contributed by atoms with van der Waals surface area (Å²) in [5.74, 6) is -0.702. The van der Waals surface area contributed by atoms with Crippen LogP contribution in [0.15, 0.2) is 24.3 Å². The average Bonchev–Trinajstić information content (AvgIpc) is 2.16. The fourth-order valence-corrected chi connectivity index (χ4v) is 0.915. The zero-order chi connectivity index (χ0) is 9.84. The summed E-state index contributed by atoms with van der Waals surface area (Å²) in [7, 11) is 1.18. The Kier molecular flexibility index (Phi) is 2.59. The quantitative estimate of drug-likeness (QED) is 0.392. The minimum atomic E-state index is -0.702. The van der Waals surface area contributed by atoms with Gasteiger partial charge in [-0.05, 0) is 6.07 Å². The van der Waals surface area contributed by atoms with Crippen LogP contribution in [0.5, 0.6) is 0 Å². The molecule has 0 saturated carbocycles. The molecule has 13 heavy (non-hydrogen) atoms. The number of carbonyl (C=O) groups is 1. The first-order chi connectivity index (χ1) is 6.16. The van der Waals surface area contributed by atoms with Gasteiger partial charge in [-0.15, -0.1) is 0 Å². The summed E-state index contributed by atoms with van der Waals surface area (Å²) in [5.41, 5.74) is -0.274. The molecule has 0 bridgehead atoms. The van der Waals surface area contributed by atoms with Gasteiger partial charge in [0.15, 0.2) is 0 Å². The van der Waals surface area contributed by atoms with Gasteiger partial charge in [0.1, 0.15) is 5.56 Å². The molecule has 0 aliphatic carbocycles. The second-order valence-corrected chi connectivity index (χ2v) is 2.27. The Morgan fingerprint density at radius 1 is 1.46 bits per heavy atom. The maximum Gasteiger partial charge on any atom is 0.344 e. The molecule has 0 unspecified atom stereocenters. The summed E-state index contributed by atoms with van der Waals surface area (Å²) in [6, 6.07) is 5.64. The predicted octanol–water partition coefficient (Wildman–Crippen LogP) is 1.38. The number of nitro groups is 1. The van der Waals surface area contributed by atoms with E-state index in [1.807, 2.05) is 0 Å². The molecule has 0 atom stereocenters. The monoisotopic (exact) mass is 181 g/mol. The highest BCUT2D eigenvalue weighted by atomic mass is 16.6. The number of esters is 1. The van der Waals surface area contributed by atoms with E-state index in [2.05, 4.69) is 4.74 Å². The molecule has 0 aliphatic rings. The van der Waals surface area contributed by atoms with Crippen molar-refractivity contribution in [1.29, 1.82) is 0 Å². The Morgan fingerprint density at radius 2 is 2.08 bits per heavy atom. The van der Waals surface area contributed by atoms with Crippen molar-refractivity contribution in [3.8, 4) is 0 Å². The molecule has 0 N–H and O–H groups in total. The van der Waals surface area contributed by atoms with E-state index in [0.29, 0.717) is 0 Å². The fourth-order valence-electron chi connectivity index (χ4n) is 0.915. The Morgan fingerprint density at radius 3 is 2.62 bits per heavy atom. The van der Waals surface area contributed by atoms with Crippen LogP contribution in [0.3, 0.4) is 0 Å². The molecule has 0 heterocycles. The Bertz CT molecular complexity index is 348. The van der Waals surface area contributed by atoms with Crippen LogP contribution >= 0.6 is 0 Å². The van der Waals surface area contributed by atoms with Gasteiger partial charge < -0.3 is 4.74 Å². The SMILES string of the molecule is COC(=O)c1ccccc1[N+](=O)[O-]. The number of carbonyl (C=O) groups excluding carboxylic acids is 1. The zero-order valence-electron chi connectivity index (χ0n) is 6.89. The largest absolute Gasteiger partial charge is 0.465 e. The number of ether oxygens (including phenoxy) is 1. The van der Waals surface area contributed by atoms with Crippen molar-refractivity contribution in [2.75, 3.05) is 7.11 Å². The van der Waals surface area contributed by atoms with Gasteiger partial charge in [0.25, 0.3) is 5.69 Å². The number of nitro benzene ring substituents is 1. The highest BCUT2D eigenvalue weighted by molar-refractivity contribution is 5.93. The minimum absolute atomic E-state index is 0.0324. The summed E-state index contributed by atoms with van der Waals surface area (Å²) in [4.78, 5) is 20.8. The molecule has 1 aromatic carbocycles. The fraction of sp³-hybridized carbons (Fsp3) is 0.125. The van der Waals surface area contributed by atoms with Crippen LogP contribution in [0, 0.1) is 10.1 Å². The lowest BCUT2D eigenvalue weighted by Gasteiger charge is -1.99. The summed E-state index contributed by atoms with van der Waals surface area (Å²) in [6.45, 7) is 0. The molecular formula is C8H7NO4. The second-order valence-electron chi connectivity index (χ2n) is 2.27. The number of rotatable bonds is 2. The molecule has 0 radical (unpaired) electrons. The van der Waals surface area contributed by atoms with Crippen LogP contribution in [0.1, 0.15) is 10.4 Å². The summed E-state index contributed by atoms with van der Waals surface area (Å²) >= 11 is 0. The molecule has 0 aromatic heterocycles. The van der Waals surface area contributed by atoms with Crippen LogP contribution in [-0.4, -0.2) is 18.0 Å². The molecule has 1 rings (SSSR count). The first-order valence-electron chi connectivity index (χ1n) is 3.48. The van der Waals surface area contributed by atoms with Crippen LogP contribution in [-0.2, 0) is 4.74 Å². The number of hydrogen-bond acceptors (Lipinski definition) is 4. The van der Waals surface area contributed by atoms with E-state index in [1.165, 1.54) is 25.3 Å². The van der Waals surface area contributed by atoms with Gasteiger partial charge in [-0.2, -0.15) is 0 Å². The summed E-state index contributed by atoms with van der Waals surface area (Å²) in [6.07, 6.45) is 0. The van der Waals surface area contributed by atoms with Crippen molar-refractivity contribution in [2.45, 2.75) is 0 Å². The Labute approximate surface area is 74.1 Å². The molecule has 5 nitrogen and oxygen atoms in total. The Hall–Kier alpha value is -1.91. The van der Waals surface area contributed by atoms with Crippen molar-refractivity contribution in [1.82, 2.24) is 0 Å². The van der Waals surface area contributed by atoms with Gasteiger partial charge in [-0.25, -0.2) is 4.79 Å². The normalized spacial score (nSPS) is 9.31. The second kappa shape index (κ2) is 3.66. The number of nitrogens with zero attached hydrogens (tertiary/aromatic N) is 1. The van der Waals surface area contributed by atoms with E-state index in [-0.39, 0.29) is 11.3 Å².